The van der Waals surface area contributed by atoms with Crippen molar-refractivity contribution in [3.8, 4) is 11.1 Å². The Morgan fingerprint density at radius 2 is 1.64 bits per heavy atom. The zero-order valence-electron chi connectivity index (χ0n) is 26.6. The highest BCUT2D eigenvalue weighted by Crippen LogP contribution is 2.30. The first-order valence-corrected chi connectivity index (χ1v) is 15.3. The fourth-order valence-corrected chi connectivity index (χ4v) is 5.82. The van der Waals surface area contributed by atoms with E-state index in [1.165, 1.54) is 12.4 Å². The fraction of sp³-hybridized carbons (Fsp3) is 0.303. The van der Waals surface area contributed by atoms with Gasteiger partial charge in [-0.05, 0) is 69.2 Å². The number of rotatable bonds is 8. The molecule has 0 radical (unpaired) electrons. The molecule has 1 aliphatic heterocycles. The normalized spacial score (nSPS) is 13.3. The lowest BCUT2D eigenvalue weighted by molar-refractivity contribution is 0.0705. The number of hydrogen-bond acceptors (Lipinski definition) is 10. The van der Waals surface area contributed by atoms with Crippen LogP contribution in [0, 0.1) is 13.8 Å². The summed E-state index contributed by atoms with van der Waals surface area (Å²) in [6.45, 7) is 10.6. The number of nitrogens with zero attached hydrogens (tertiary/aromatic N) is 7. The maximum absolute atomic E-state index is 13.6. The fourth-order valence-electron chi connectivity index (χ4n) is 5.82. The quantitative estimate of drug-likeness (QED) is 0.146. The lowest BCUT2D eigenvalue weighted by atomic mass is 10.0. The minimum absolute atomic E-state index is 0.0787. The molecular weight excluding hydrogens is 600 g/mol. The standard InChI is InChI=1S/C33H36N10O4/c1-19(2)43-28-13-23(12-25(27(28)18-38-43)31(45)35-17-26-20(3)11-21(4)39-32(26)46)22-5-6-29(34-14-22)41-7-9-42(10-8-41)33-36-15-24(16-37-33)30(44)40-47/h5-6,11-16,18-19,47H,7-10,17H2,1-4H3,(H,35,45)(H,39,46)(H,40,44). The Morgan fingerprint density at radius 3 is 2.28 bits per heavy atom. The maximum atomic E-state index is 13.6. The summed E-state index contributed by atoms with van der Waals surface area (Å²) in [6.07, 6.45) is 6.29. The van der Waals surface area contributed by atoms with E-state index >= 15 is 0 Å². The predicted molar refractivity (Wildman–Crippen MR) is 177 cm³/mol. The SMILES string of the molecule is Cc1cc(C)c(CNC(=O)c2cc(-c3ccc(N4CCN(c5ncc(C(=O)NO)cn5)CC4)nc3)cc3c2cnn3C(C)C)c(=O)[nH]1. The number of hydrogen-bond donors (Lipinski definition) is 4. The molecule has 0 bridgehead atoms. The van der Waals surface area contributed by atoms with Crippen LogP contribution in [-0.2, 0) is 6.54 Å². The number of benzene rings is 1. The van der Waals surface area contributed by atoms with Crippen LogP contribution in [0.3, 0.4) is 0 Å². The summed E-state index contributed by atoms with van der Waals surface area (Å²) in [7, 11) is 0. The Bertz CT molecular complexity index is 1990. The number of fused-ring (bicyclic) bond motifs is 1. The number of aromatic nitrogens is 6. The van der Waals surface area contributed by atoms with Crippen molar-refractivity contribution < 1.29 is 14.8 Å². The van der Waals surface area contributed by atoms with E-state index in [2.05, 4.69) is 30.3 Å². The van der Waals surface area contributed by atoms with Gasteiger partial charge in [0.25, 0.3) is 17.4 Å². The zero-order chi connectivity index (χ0) is 33.2. The molecule has 1 aliphatic rings. The van der Waals surface area contributed by atoms with Gasteiger partial charge < -0.3 is 20.1 Å². The van der Waals surface area contributed by atoms with E-state index in [0.29, 0.717) is 43.3 Å². The molecular formula is C33H36N10O4. The van der Waals surface area contributed by atoms with Crippen LogP contribution in [0.1, 0.15) is 57.4 Å². The number of piperazine rings is 1. The van der Waals surface area contributed by atoms with E-state index in [1.54, 1.807) is 11.7 Å². The van der Waals surface area contributed by atoms with Gasteiger partial charge in [0.2, 0.25) is 5.95 Å². The molecule has 47 heavy (non-hydrogen) atoms. The first-order chi connectivity index (χ1) is 22.6. The number of nitrogens with one attached hydrogen (secondary N) is 3. The summed E-state index contributed by atoms with van der Waals surface area (Å²) in [5.74, 6) is 0.387. The molecule has 4 aromatic heterocycles. The van der Waals surface area contributed by atoms with Crippen LogP contribution in [0.25, 0.3) is 22.0 Å². The van der Waals surface area contributed by atoms with Crippen LogP contribution in [-0.4, -0.2) is 72.9 Å². The van der Waals surface area contributed by atoms with E-state index in [-0.39, 0.29) is 29.6 Å². The first-order valence-electron chi connectivity index (χ1n) is 15.3. The van der Waals surface area contributed by atoms with Gasteiger partial charge in [0.1, 0.15) is 5.82 Å². The summed E-state index contributed by atoms with van der Waals surface area (Å²) in [5.41, 5.74) is 6.64. The van der Waals surface area contributed by atoms with Crippen molar-refractivity contribution in [1.29, 1.82) is 0 Å². The van der Waals surface area contributed by atoms with Gasteiger partial charge in [-0.3, -0.25) is 24.3 Å². The molecule has 5 heterocycles. The van der Waals surface area contributed by atoms with E-state index in [4.69, 9.17) is 10.2 Å². The number of carbonyl (C=O) groups is 2. The van der Waals surface area contributed by atoms with Gasteiger partial charge in [-0.1, -0.05) is 0 Å². The first kappa shape index (κ1) is 31.4. The minimum atomic E-state index is -0.660. The number of aromatic amines is 1. The smallest absolute Gasteiger partial charge is 0.277 e. The lowest BCUT2D eigenvalue weighted by Crippen LogP contribution is -2.47. The average Bonchev–Trinajstić information content (AvgIpc) is 3.52. The highest BCUT2D eigenvalue weighted by Gasteiger charge is 2.22. The molecule has 0 spiro atoms. The molecule has 14 heteroatoms. The van der Waals surface area contributed by atoms with Gasteiger partial charge in [0.05, 0.1) is 22.8 Å². The Hall–Kier alpha value is -5.63. The molecule has 242 valence electrons. The topological polar surface area (TPSA) is 174 Å². The van der Waals surface area contributed by atoms with Gasteiger partial charge in [-0.2, -0.15) is 5.10 Å². The molecule has 5 aromatic rings. The van der Waals surface area contributed by atoms with Crippen LogP contribution < -0.4 is 26.2 Å². The molecule has 1 aromatic carbocycles. The summed E-state index contributed by atoms with van der Waals surface area (Å²) >= 11 is 0. The Kier molecular flexibility index (Phi) is 8.68. The van der Waals surface area contributed by atoms with Crippen molar-refractivity contribution in [2.24, 2.45) is 0 Å². The lowest BCUT2D eigenvalue weighted by Gasteiger charge is -2.35. The molecule has 4 N–H and O–H groups in total. The number of aryl methyl sites for hydroxylation is 2. The third-order valence-corrected chi connectivity index (χ3v) is 8.34. The second kappa shape index (κ2) is 13.0. The Labute approximate surface area is 270 Å². The van der Waals surface area contributed by atoms with Gasteiger partial charge in [0.15, 0.2) is 0 Å². The van der Waals surface area contributed by atoms with Crippen molar-refractivity contribution in [3.05, 3.63) is 93.4 Å². The molecule has 0 saturated carbocycles. The van der Waals surface area contributed by atoms with E-state index in [0.717, 1.165) is 39.1 Å². The minimum Gasteiger partial charge on any atom is -0.353 e. The number of H-pyrrole nitrogens is 1. The summed E-state index contributed by atoms with van der Waals surface area (Å²) in [6, 6.07) is 9.81. The Morgan fingerprint density at radius 1 is 0.915 bits per heavy atom. The molecule has 1 saturated heterocycles. The zero-order valence-corrected chi connectivity index (χ0v) is 26.6. The monoisotopic (exact) mass is 636 g/mol. The maximum Gasteiger partial charge on any atom is 0.277 e. The van der Waals surface area contributed by atoms with Crippen LogP contribution in [0.4, 0.5) is 11.8 Å². The third-order valence-electron chi connectivity index (χ3n) is 8.34. The molecule has 14 nitrogen and oxygen atoms in total. The van der Waals surface area contributed by atoms with Gasteiger partial charge in [-0.15, -0.1) is 0 Å². The molecule has 0 aliphatic carbocycles. The van der Waals surface area contributed by atoms with E-state index < -0.39 is 5.91 Å². The molecule has 6 rings (SSSR count). The highest BCUT2D eigenvalue weighted by atomic mass is 16.5. The van der Waals surface area contributed by atoms with Crippen molar-refractivity contribution in [2.45, 2.75) is 40.3 Å². The number of amides is 2. The van der Waals surface area contributed by atoms with Gasteiger partial charge in [-0.25, -0.2) is 20.4 Å². The highest BCUT2D eigenvalue weighted by molar-refractivity contribution is 6.08. The van der Waals surface area contributed by atoms with Crippen molar-refractivity contribution in [3.63, 3.8) is 0 Å². The molecule has 0 atom stereocenters. The third kappa shape index (κ3) is 6.40. The number of anilines is 2. The largest absolute Gasteiger partial charge is 0.353 e. The van der Waals surface area contributed by atoms with Crippen molar-refractivity contribution in [1.82, 2.24) is 40.5 Å². The molecule has 2 amide bonds. The predicted octanol–water partition coefficient (Wildman–Crippen LogP) is 3.15. The summed E-state index contributed by atoms with van der Waals surface area (Å²) in [4.78, 5) is 58.0. The second-order valence-electron chi connectivity index (χ2n) is 11.9. The summed E-state index contributed by atoms with van der Waals surface area (Å²) in [5, 5.41) is 17.0. The van der Waals surface area contributed by atoms with Crippen molar-refractivity contribution >= 4 is 34.5 Å². The number of hydroxylamine groups is 1. The van der Waals surface area contributed by atoms with Crippen LogP contribution >= 0.6 is 0 Å². The van der Waals surface area contributed by atoms with Crippen LogP contribution in [0.15, 0.2) is 59.9 Å². The number of pyridine rings is 2. The average molecular weight is 637 g/mol. The summed E-state index contributed by atoms with van der Waals surface area (Å²) < 4.78 is 1.89. The van der Waals surface area contributed by atoms with E-state index in [1.807, 2.05) is 73.8 Å². The van der Waals surface area contributed by atoms with Gasteiger partial charge in [0, 0.05) is 79.6 Å². The molecule has 1 fully saturated rings. The second-order valence-corrected chi connectivity index (χ2v) is 11.9. The van der Waals surface area contributed by atoms with E-state index in [9.17, 15) is 14.4 Å². The van der Waals surface area contributed by atoms with Crippen LogP contribution in [0.5, 0.6) is 0 Å². The Balaban J connectivity index is 1.20. The molecule has 0 unspecified atom stereocenters. The van der Waals surface area contributed by atoms with Crippen molar-refractivity contribution in [2.75, 3.05) is 36.0 Å². The number of carbonyl (C=O) groups excluding carboxylic acids is 2. The van der Waals surface area contributed by atoms with Gasteiger partial charge >= 0.3 is 0 Å². The van der Waals surface area contributed by atoms with Crippen LogP contribution in [0.2, 0.25) is 0 Å².